The highest BCUT2D eigenvalue weighted by Crippen LogP contribution is 2.27. The standard InChI is InChI=1S/C14H10FN3O2S/c1-7-10-12(13(19)17-6-16-10)21-11(7)14(20)18-9-4-2-8(15)3-5-9/h2-6H,1H3,(H,18,20)(H,16,17,19). The van der Waals surface area contributed by atoms with Gasteiger partial charge in [0.15, 0.2) is 0 Å². The molecular weight excluding hydrogens is 293 g/mol. The molecule has 0 fully saturated rings. The van der Waals surface area contributed by atoms with Crippen LogP contribution in [-0.2, 0) is 0 Å². The number of fused-ring (bicyclic) bond motifs is 1. The molecule has 0 aliphatic carbocycles. The fourth-order valence-electron chi connectivity index (χ4n) is 1.97. The van der Waals surface area contributed by atoms with E-state index in [1.807, 2.05) is 0 Å². The van der Waals surface area contributed by atoms with E-state index >= 15 is 0 Å². The van der Waals surface area contributed by atoms with Crippen LogP contribution in [-0.4, -0.2) is 15.9 Å². The van der Waals surface area contributed by atoms with Gasteiger partial charge in [-0.05, 0) is 36.8 Å². The zero-order chi connectivity index (χ0) is 15.0. The van der Waals surface area contributed by atoms with E-state index in [1.165, 1.54) is 30.6 Å². The molecule has 106 valence electrons. The van der Waals surface area contributed by atoms with E-state index in [-0.39, 0.29) is 17.3 Å². The maximum absolute atomic E-state index is 12.8. The second-order valence-corrected chi connectivity index (χ2v) is 5.45. The number of thiophene rings is 1. The summed E-state index contributed by atoms with van der Waals surface area (Å²) in [5.41, 5.74) is 1.39. The molecule has 0 unspecified atom stereocenters. The Kier molecular flexibility index (Phi) is 3.26. The summed E-state index contributed by atoms with van der Waals surface area (Å²) >= 11 is 1.09. The number of benzene rings is 1. The number of H-pyrrole nitrogens is 1. The first kappa shape index (κ1) is 13.4. The van der Waals surface area contributed by atoms with E-state index < -0.39 is 0 Å². The van der Waals surface area contributed by atoms with Gasteiger partial charge in [0.1, 0.15) is 10.5 Å². The number of aryl methyl sites for hydroxylation is 1. The average Bonchev–Trinajstić information content (AvgIpc) is 2.81. The van der Waals surface area contributed by atoms with Crippen LogP contribution >= 0.6 is 11.3 Å². The van der Waals surface area contributed by atoms with E-state index in [0.717, 1.165) is 11.3 Å². The van der Waals surface area contributed by atoms with Crippen molar-refractivity contribution in [1.82, 2.24) is 9.97 Å². The van der Waals surface area contributed by atoms with Crippen LogP contribution < -0.4 is 10.9 Å². The highest BCUT2D eigenvalue weighted by Gasteiger charge is 2.18. The van der Waals surface area contributed by atoms with Crippen LogP contribution in [0.1, 0.15) is 15.2 Å². The van der Waals surface area contributed by atoms with Crippen molar-refractivity contribution in [2.75, 3.05) is 5.32 Å². The van der Waals surface area contributed by atoms with Crippen LogP contribution in [0.15, 0.2) is 35.4 Å². The number of aromatic amines is 1. The first-order valence-corrected chi connectivity index (χ1v) is 6.91. The van der Waals surface area contributed by atoms with Gasteiger partial charge in [0, 0.05) is 5.69 Å². The first-order valence-electron chi connectivity index (χ1n) is 6.10. The van der Waals surface area contributed by atoms with E-state index in [1.54, 1.807) is 6.92 Å². The number of hydrogen-bond acceptors (Lipinski definition) is 4. The van der Waals surface area contributed by atoms with Crippen LogP contribution in [0.4, 0.5) is 10.1 Å². The van der Waals surface area contributed by atoms with Crippen molar-refractivity contribution in [3.8, 4) is 0 Å². The van der Waals surface area contributed by atoms with Crippen molar-refractivity contribution >= 4 is 33.1 Å². The molecule has 2 heterocycles. The van der Waals surface area contributed by atoms with Gasteiger partial charge in [0.2, 0.25) is 0 Å². The number of hydrogen-bond donors (Lipinski definition) is 2. The number of nitrogens with one attached hydrogen (secondary N) is 2. The van der Waals surface area contributed by atoms with E-state index in [0.29, 0.717) is 26.3 Å². The molecule has 0 atom stereocenters. The molecule has 0 aliphatic heterocycles. The van der Waals surface area contributed by atoms with Crippen molar-refractivity contribution < 1.29 is 9.18 Å². The second-order valence-electron chi connectivity index (χ2n) is 4.43. The Labute approximate surface area is 122 Å². The van der Waals surface area contributed by atoms with Gasteiger partial charge in [-0.3, -0.25) is 9.59 Å². The first-order chi connectivity index (χ1) is 10.1. The van der Waals surface area contributed by atoms with Crippen LogP contribution in [0, 0.1) is 12.7 Å². The number of carbonyl (C=O) groups is 1. The molecule has 0 saturated heterocycles. The number of anilines is 1. The molecule has 5 nitrogen and oxygen atoms in total. The summed E-state index contributed by atoms with van der Waals surface area (Å²) in [6.07, 6.45) is 1.31. The predicted molar refractivity (Wildman–Crippen MR) is 79.3 cm³/mol. The third-order valence-electron chi connectivity index (χ3n) is 3.02. The Morgan fingerprint density at radius 3 is 2.71 bits per heavy atom. The smallest absolute Gasteiger partial charge is 0.268 e. The molecule has 2 N–H and O–H groups in total. The summed E-state index contributed by atoms with van der Waals surface area (Å²) in [5.74, 6) is -0.719. The van der Waals surface area contributed by atoms with E-state index in [9.17, 15) is 14.0 Å². The van der Waals surface area contributed by atoms with Gasteiger partial charge in [-0.2, -0.15) is 0 Å². The van der Waals surface area contributed by atoms with Crippen molar-refractivity contribution in [2.24, 2.45) is 0 Å². The Bertz CT molecular complexity index is 883. The fourth-order valence-corrected chi connectivity index (χ4v) is 3.02. The third-order valence-corrected chi connectivity index (χ3v) is 4.30. The maximum atomic E-state index is 12.8. The number of carbonyl (C=O) groups excluding carboxylic acids is 1. The molecule has 3 aromatic rings. The molecule has 0 radical (unpaired) electrons. The predicted octanol–water partition coefficient (Wildman–Crippen LogP) is 2.68. The molecule has 1 amide bonds. The Balaban J connectivity index is 1.98. The summed E-state index contributed by atoms with van der Waals surface area (Å²) < 4.78 is 13.3. The largest absolute Gasteiger partial charge is 0.321 e. The lowest BCUT2D eigenvalue weighted by atomic mass is 10.2. The van der Waals surface area contributed by atoms with Gasteiger partial charge in [-0.15, -0.1) is 11.3 Å². The molecule has 0 spiro atoms. The van der Waals surface area contributed by atoms with Crippen molar-refractivity contribution in [2.45, 2.75) is 6.92 Å². The molecule has 2 aromatic heterocycles. The summed E-state index contributed by atoms with van der Waals surface area (Å²) in [6.45, 7) is 1.74. The van der Waals surface area contributed by atoms with E-state index in [2.05, 4.69) is 15.3 Å². The van der Waals surface area contributed by atoms with E-state index in [4.69, 9.17) is 0 Å². The summed E-state index contributed by atoms with van der Waals surface area (Å²) in [7, 11) is 0. The van der Waals surface area contributed by atoms with Crippen LogP contribution in [0.5, 0.6) is 0 Å². The fraction of sp³-hybridized carbons (Fsp3) is 0.0714. The molecule has 1 aromatic carbocycles. The quantitative estimate of drug-likeness (QED) is 0.764. The molecule has 7 heteroatoms. The number of amides is 1. The molecule has 3 rings (SSSR count). The minimum absolute atomic E-state index is 0.270. The zero-order valence-electron chi connectivity index (χ0n) is 10.9. The lowest BCUT2D eigenvalue weighted by Crippen LogP contribution is -2.11. The van der Waals surface area contributed by atoms with Crippen LogP contribution in [0.2, 0.25) is 0 Å². The normalized spacial score (nSPS) is 10.8. The van der Waals surface area contributed by atoms with Crippen molar-refractivity contribution in [3.05, 3.63) is 57.2 Å². The summed E-state index contributed by atoms with van der Waals surface area (Å²) in [4.78, 5) is 31.0. The summed E-state index contributed by atoms with van der Waals surface area (Å²) in [6, 6.07) is 5.47. The minimum atomic E-state index is -0.373. The number of nitrogens with zero attached hydrogens (tertiary/aromatic N) is 1. The van der Waals surface area contributed by atoms with Crippen LogP contribution in [0.3, 0.4) is 0 Å². The molecular formula is C14H10FN3O2S. The topological polar surface area (TPSA) is 74.8 Å². The Morgan fingerprint density at radius 2 is 2.05 bits per heavy atom. The molecule has 0 saturated carbocycles. The SMILES string of the molecule is Cc1c(C(=O)Nc2ccc(F)cc2)sc2c(=O)[nH]cnc12. The van der Waals surface area contributed by atoms with Crippen molar-refractivity contribution in [1.29, 1.82) is 0 Å². The van der Waals surface area contributed by atoms with Gasteiger partial charge >= 0.3 is 0 Å². The average molecular weight is 303 g/mol. The Hall–Kier alpha value is -2.54. The van der Waals surface area contributed by atoms with Gasteiger partial charge in [-0.25, -0.2) is 9.37 Å². The van der Waals surface area contributed by atoms with Gasteiger partial charge in [-0.1, -0.05) is 0 Å². The highest BCUT2D eigenvalue weighted by molar-refractivity contribution is 7.21. The molecule has 0 aliphatic rings. The lowest BCUT2D eigenvalue weighted by molar-refractivity contribution is 0.103. The Morgan fingerprint density at radius 1 is 1.33 bits per heavy atom. The number of halogens is 1. The maximum Gasteiger partial charge on any atom is 0.268 e. The number of rotatable bonds is 2. The number of aromatic nitrogens is 2. The monoisotopic (exact) mass is 303 g/mol. The summed E-state index contributed by atoms with van der Waals surface area (Å²) in [5, 5.41) is 2.67. The van der Waals surface area contributed by atoms with Crippen LogP contribution in [0.25, 0.3) is 10.2 Å². The minimum Gasteiger partial charge on any atom is -0.321 e. The van der Waals surface area contributed by atoms with Gasteiger partial charge < -0.3 is 10.3 Å². The molecule has 0 bridgehead atoms. The zero-order valence-corrected chi connectivity index (χ0v) is 11.8. The van der Waals surface area contributed by atoms with Gasteiger partial charge in [0.05, 0.1) is 16.7 Å². The lowest BCUT2D eigenvalue weighted by Gasteiger charge is -2.04. The molecule has 21 heavy (non-hydrogen) atoms. The highest BCUT2D eigenvalue weighted by atomic mass is 32.1. The van der Waals surface area contributed by atoms with Gasteiger partial charge in [0.25, 0.3) is 11.5 Å². The third kappa shape index (κ3) is 2.43. The van der Waals surface area contributed by atoms with Crippen molar-refractivity contribution in [3.63, 3.8) is 0 Å². The second kappa shape index (κ2) is 5.10.